The topological polar surface area (TPSA) is 52.6 Å². The first-order valence-corrected chi connectivity index (χ1v) is 6.78. The Morgan fingerprint density at radius 2 is 1.59 bits per heavy atom. The quantitative estimate of drug-likeness (QED) is 0.645. The molecule has 0 saturated carbocycles. The molecular weight excluding hydrogens is 280 g/mol. The molecule has 0 unspecified atom stereocenters. The molecule has 22 heavy (non-hydrogen) atoms. The number of ketones is 2. The molecule has 1 aliphatic rings. The molecule has 1 aliphatic carbocycles. The number of rotatable bonds is 3. The molecule has 2 aromatic rings. The number of allylic oxidation sites excluding steroid dienone is 1. The zero-order chi connectivity index (χ0) is 15.7. The number of carbonyl (C=O) groups excluding carboxylic acids is 2. The Morgan fingerprint density at radius 1 is 0.864 bits per heavy atom. The minimum Gasteiger partial charge on any atom is -0.497 e. The van der Waals surface area contributed by atoms with Crippen LogP contribution in [0.3, 0.4) is 0 Å². The van der Waals surface area contributed by atoms with Crippen LogP contribution in [0.2, 0.25) is 0 Å². The molecular formula is C18H14O4. The molecule has 2 aromatic carbocycles. The van der Waals surface area contributed by atoms with Crippen molar-refractivity contribution in [1.82, 2.24) is 0 Å². The van der Waals surface area contributed by atoms with Crippen molar-refractivity contribution in [3.8, 4) is 11.5 Å². The minimum absolute atomic E-state index is 0.393. The summed E-state index contributed by atoms with van der Waals surface area (Å²) in [6.07, 6.45) is 1.68. The van der Waals surface area contributed by atoms with E-state index in [0.717, 1.165) is 5.56 Å². The fraction of sp³-hybridized carbons (Fsp3) is 0.111. The van der Waals surface area contributed by atoms with Gasteiger partial charge >= 0.3 is 0 Å². The highest BCUT2D eigenvalue weighted by Gasteiger charge is 2.32. The van der Waals surface area contributed by atoms with Gasteiger partial charge < -0.3 is 9.47 Å². The van der Waals surface area contributed by atoms with Gasteiger partial charge in [0.2, 0.25) is 11.6 Å². The fourth-order valence-corrected chi connectivity index (χ4v) is 2.52. The van der Waals surface area contributed by atoms with Gasteiger partial charge in [-0.25, -0.2) is 0 Å². The summed E-state index contributed by atoms with van der Waals surface area (Å²) < 4.78 is 10.5. The number of fused-ring (bicyclic) bond motifs is 1. The van der Waals surface area contributed by atoms with Gasteiger partial charge in [-0.2, -0.15) is 0 Å². The average Bonchev–Trinajstić information content (AvgIpc) is 2.80. The molecule has 0 spiro atoms. The molecule has 0 fully saturated rings. The third kappa shape index (κ3) is 2.19. The first kappa shape index (κ1) is 14.1. The monoisotopic (exact) mass is 294 g/mol. The van der Waals surface area contributed by atoms with Crippen molar-refractivity contribution < 1.29 is 19.1 Å². The maximum absolute atomic E-state index is 12.2. The first-order valence-electron chi connectivity index (χ1n) is 6.78. The van der Waals surface area contributed by atoms with Gasteiger partial charge in [0.1, 0.15) is 11.5 Å². The average molecular weight is 294 g/mol. The SMILES string of the molecule is COc1ccc(C=C2C(=O)C(=O)c3ccccc32)c(OC)c1. The van der Waals surface area contributed by atoms with Crippen molar-refractivity contribution in [3.63, 3.8) is 0 Å². The molecule has 0 amide bonds. The number of Topliss-reactive ketones (excluding diaryl/α,β-unsaturated/α-hetero) is 2. The number of hydrogen-bond donors (Lipinski definition) is 0. The standard InChI is InChI=1S/C18H14O4/c1-21-12-8-7-11(16(10-12)22-2)9-15-13-5-3-4-6-14(13)17(19)18(15)20/h3-10H,1-2H3. The first-order chi connectivity index (χ1) is 10.7. The molecule has 0 N–H and O–H groups in total. The van der Waals surface area contributed by atoms with Crippen molar-refractivity contribution >= 4 is 23.2 Å². The smallest absolute Gasteiger partial charge is 0.234 e. The van der Waals surface area contributed by atoms with Gasteiger partial charge in [0, 0.05) is 22.8 Å². The summed E-state index contributed by atoms with van der Waals surface area (Å²) in [5, 5.41) is 0. The van der Waals surface area contributed by atoms with Crippen molar-refractivity contribution in [3.05, 3.63) is 59.2 Å². The zero-order valence-electron chi connectivity index (χ0n) is 12.3. The largest absolute Gasteiger partial charge is 0.497 e. The molecule has 110 valence electrons. The molecule has 4 nitrogen and oxygen atoms in total. The van der Waals surface area contributed by atoms with Crippen LogP contribution in [-0.2, 0) is 4.79 Å². The van der Waals surface area contributed by atoms with Crippen LogP contribution in [0.1, 0.15) is 21.5 Å². The Balaban J connectivity index is 2.13. The van der Waals surface area contributed by atoms with Crippen LogP contribution in [0.15, 0.2) is 42.5 Å². The molecule has 0 aromatic heterocycles. The van der Waals surface area contributed by atoms with E-state index in [1.54, 1.807) is 56.7 Å². The van der Waals surface area contributed by atoms with Crippen LogP contribution in [0.25, 0.3) is 11.6 Å². The Bertz CT molecular complexity index is 802. The van der Waals surface area contributed by atoms with Gasteiger partial charge in [-0.1, -0.05) is 24.3 Å². The lowest BCUT2D eigenvalue weighted by molar-refractivity contribution is -0.109. The second-order valence-electron chi connectivity index (χ2n) is 4.87. The van der Waals surface area contributed by atoms with Gasteiger partial charge in [0.15, 0.2) is 0 Å². The molecule has 0 saturated heterocycles. The summed E-state index contributed by atoms with van der Waals surface area (Å²) in [5.74, 6) is 0.290. The lowest BCUT2D eigenvalue weighted by Crippen LogP contribution is -2.05. The number of methoxy groups -OCH3 is 2. The van der Waals surface area contributed by atoms with Crippen molar-refractivity contribution in [2.24, 2.45) is 0 Å². The molecule has 0 bridgehead atoms. The third-order valence-corrected chi connectivity index (χ3v) is 3.65. The van der Waals surface area contributed by atoms with Gasteiger partial charge in [0.05, 0.1) is 14.2 Å². The van der Waals surface area contributed by atoms with Gasteiger partial charge in [-0.15, -0.1) is 0 Å². The van der Waals surface area contributed by atoms with Crippen LogP contribution in [0.5, 0.6) is 11.5 Å². The fourth-order valence-electron chi connectivity index (χ4n) is 2.52. The van der Waals surface area contributed by atoms with E-state index in [4.69, 9.17) is 9.47 Å². The van der Waals surface area contributed by atoms with Crippen LogP contribution >= 0.6 is 0 Å². The number of carbonyl (C=O) groups is 2. The van der Waals surface area contributed by atoms with E-state index >= 15 is 0 Å². The second kappa shape index (κ2) is 5.48. The molecule has 0 aliphatic heterocycles. The van der Waals surface area contributed by atoms with E-state index in [9.17, 15) is 9.59 Å². The predicted octanol–water partition coefficient (Wildman–Crippen LogP) is 3.01. The van der Waals surface area contributed by atoms with Crippen molar-refractivity contribution in [2.45, 2.75) is 0 Å². The Labute approximate surface area is 128 Å². The normalized spacial score (nSPS) is 15.1. The lowest BCUT2D eigenvalue weighted by Gasteiger charge is -2.08. The zero-order valence-corrected chi connectivity index (χ0v) is 12.3. The highest BCUT2D eigenvalue weighted by atomic mass is 16.5. The summed E-state index contributed by atoms with van der Waals surface area (Å²) in [6.45, 7) is 0. The van der Waals surface area contributed by atoms with E-state index in [-0.39, 0.29) is 0 Å². The highest BCUT2D eigenvalue weighted by molar-refractivity contribution is 6.64. The third-order valence-electron chi connectivity index (χ3n) is 3.65. The van der Waals surface area contributed by atoms with Gasteiger partial charge in [-0.3, -0.25) is 9.59 Å². The lowest BCUT2D eigenvalue weighted by atomic mass is 10.0. The van der Waals surface area contributed by atoms with E-state index in [0.29, 0.717) is 28.2 Å². The summed E-state index contributed by atoms with van der Waals surface area (Å²) >= 11 is 0. The predicted molar refractivity (Wildman–Crippen MR) is 83.2 cm³/mol. The number of ether oxygens (including phenoxy) is 2. The summed E-state index contributed by atoms with van der Waals surface area (Å²) in [7, 11) is 3.12. The van der Waals surface area contributed by atoms with Gasteiger partial charge in [0.25, 0.3) is 0 Å². The van der Waals surface area contributed by atoms with E-state index in [2.05, 4.69) is 0 Å². The highest BCUT2D eigenvalue weighted by Crippen LogP contribution is 2.34. The van der Waals surface area contributed by atoms with E-state index < -0.39 is 11.6 Å². The maximum atomic E-state index is 12.2. The van der Waals surface area contributed by atoms with Crippen molar-refractivity contribution in [2.75, 3.05) is 14.2 Å². The van der Waals surface area contributed by atoms with Crippen LogP contribution in [0, 0.1) is 0 Å². The number of benzene rings is 2. The van der Waals surface area contributed by atoms with Crippen LogP contribution in [-0.4, -0.2) is 25.8 Å². The summed E-state index contributed by atoms with van der Waals surface area (Å²) in [6, 6.07) is 12.3. The molecule has 0 atom stereocenters. The minimum atomic E-state index is -0.487. The molecule has 0 radical (unpaired) electrons. The summed E-state index contributed by atoms with van der Waals surface area (Å²) in [5.41, 5.74) is 2.22. The van der Waals surface area contributed by atoms with E-state index in [1.807, 2.05) is 6.07 Å². The Morgan fingerprint density at radius 3 is 2.27 bits per heavy atom. The van der Waals surface area contributed by atoms with E-state index in [1.165, 1.54) is 0 Å². The van der Waals surface area contributed by atoms with Crippen LogP contribution in [0.4, 0.5) is 0 Å². The van der Waals surface area contributed by atoms with Crippen molar-refractivity contribution in [1.29, 1.82) is 0 Å². The Hall–Kier alpha value is -2.88. The van der Waals surface area contributed by atoms with Gasteiger partial charge in [-0.05, 0) is 23.8 Å². The molecule has 0 heterocycles. The second-order valence-corrected chi connectivity index (χ2v) is 4.87. The van der Waals surface area contributed by atoms with Crippen LogP contribution < -0.4 is 9.47 Å². The molecule has 3 rings (SSSR count). The maximum Gasteiger partial charge on any atom is 0.234 e. The Kier molecular flexibility index (Phi) is 3.51. The molecule has 4 heteroatoms. The number of hydrogen-bond acceptors (Lipinski definition) is 4. The summed E-state index contributed by atoms with van der Waals surface area (Å²) in [4.78, 5) is 24.2.